The summed E-state index contributed by atoms with van der Waals surface area (Å²) in [7, 11) is -3.69. The molecule has 200 valence electrons. The van der Waals surface area contributed by atoms with Crippen molar-refractivity contribution in [3.63, 3.8) is 0 Å². The standard InChI is InChI=1S/C30H45O5P/c1-17(2)34-27(31)23-24(30(11,12)13)22(29(8,9)10)16-36(33,26(23)28(32)35-18(3)4)25-20(6)14-19(5)15-21(25)7/h14-18,26H,1-13H3/t26-,36-/m0/s1. The highest BCUT2D eigenvalue weighted by Crippen LogP contribution is 2.64. The predicted molar refractivity (Wildman–Crippen MR) is 148 cm³/mol. The van der Waals surface area contributed by atoms with Crippen LogP contribution in [-0.2, 0) is 23.6 Å². The summed E-state index contributed by atoms with van der Waals surface area (Å²) in [6.07, 6.45) is -0.834. The molecule has 0 aliphatic carbocycles. The Hall–Kier alpha value is -2.13. The summed E-state index contributed by atoms with van der Waals surface area (Å²) >= 11 is 0. The summed E-state index contributed by atoms with van der Waals surface area (Å²) in [6.45, 7) is 25.0. The highest BCUT2D eigenvalue weighted by molar-refractivity contribution is 7.76. The van der Waals surface area contributed by atoms with E-state index in [4.69, 9.17) is 9.47 Å². The van der Waals surface area contributed by atoms with E-state index < -0.39 is 47.8 Å². The van der Waals surface area contributed by atoms with E-state index in [1.165, 1.54) is 0 Å². The third-order valence-electron chi connectivity index (χ3n) is 6.20. The Bertz CT molecular complexity index is 1130. The topological polar surface area (TPSA) is 69.7 Å². The monoisotopic (exact) mass is 516 g/mol. The van der Waals surface area contributed by atoms with Crippen molar-refractivity contribution in [2.45, 2.75) is 108 Å². The Labute approximate surface area is 218 Å². The van der Waals surface area contributed by atoms with Crippen LogP contribution in [0.1, 0.15) is 85.9 Å². The fourth-order valence-electron chi connectivity index (χ4n) is 5.16. The molecule has 0 fully saturated rings. The molecule has 6 heteroatoms. The molecule has 0 N–H and O–H groups in total. The van der Waals surface area contributed by atoms with Gasteiger partial charge in [-0.3, -0.25) is 4.79 Å². The fraction of sp³-hybridized carbons (Fsp3) is 0.600. The first-order valence-corrected chi connectivity index (χ1v) is 14.6. The molecule has 1 aromatic rings. The van der Waals surface area contributed by atoms with Gasteiger partial charge in [0, 0.05) is 5.30 Å². The highest BCUT2D eigenvalue weighted by Gasteiger charge is 2.53. The van der Waals surface area contributed by atoms with Crippen LogP contribution in [0.25, 0.3) is 0 Å². The number of carbonyl (C=O) groups excluding carboxylic acids is 2. The molecule has 36 heavy (non-hydrogen) atoms. The van der Waals surface area contributed by atoms with Crippen LogP contribution in [0.15, 0.2) is 34.7 Å². The van der Waals surface area contributed by atoms with E-state index >= 15 is 4.57 Å². The van der Waals surface area contributed by atoms with Gasteiger partial charge in [0.25, 0.3) is 0 Å². The summed E-state index contributed by atoms with van der Waals surface area (Å²) in [5.41, 5.74) is 2.14. The summed E-state index contributed by atoms with van der Waals surface area (Å²) in [5.74, 6) is 0.531. The van der Waals surface area contributed by atoms with E-state index in [2.05, 4.69) is 0 Å². The maximum atomic E-state index is 15.5. The zero-order valence-electron chi connectivity index (χ0n) is 24.5. The summed E-state index contributed by atoms with van der Waals surface area (Å²) in [5, 5.41) is 0.614. The molecule has 0 saturated carbocycles. The zero-order valence-corrected chi connectivity index (χ0v) is 25.3. The average Bonchev–Trinajstić information content (AvgIpc) is 2.62. The molecule has 1 heterocycles. The van der Waals surface area contributed by atoms with Crippen molar-refractivity contribution >= 4 is 24.4 Å². The summed E-state index contributed by atoms with van der Waals surface area (Å²) in [4.78, 5) is 27.7. The van der Waals surface area contributed by atoms with Gasteiger partial charge in [-0.25, -0.2) is 4.79 Å². The molecule has 0 radical (unpaired) electrons. The van der Waals surface area contributed by atoms with E-state index in [0.717, 1.165) is 22.3 Å². The van der Waals surface area contributed by atoms with Crippen LogP contribution in [0.3, 0.4) is 0 Å². The SMILES string of the molecule is Cc1cc(C)c([P@@]2(=O)C=C(C(C)(C)C)C(C(C)(C)C)=C(C(=O)OC(C)C)[C@H]2C(=O)OC(C)C)c(C)c1. The van der Waals surface area contributed by atoms with Gasteiger partial charge in [0.15, 0.2) is 7.14 Å². The fourth-order valence-corrected chi connectivity index (χ4v) is 8.82. The molecule has 1 aliphatic heterocycles. The molecule has 0 saturated heterocycles. The number of carbonyl (C=O) groups is 2. The molecule has 5 nitrogen and oxygen atoms in total. The highest BCUT2D eigenvalue weighted by atomic mass is 31.2. The predicted octanol–water partition coefficient (Wildman–Crippen LogP) is 7.16. The van der Waals surface area contributed by atoms with Crippen molar-refractivity contribution in [1.82, 2.24) is 0 Å². The van der Waals surface area contributed by atoms with E-state index in [1.54, 1.807) is 33.5 Å². The number of rotatable bonds is 5. The van der Waals surface area contributed by atoms with Crippen molar-refractivity contribution in [1.29, 1.82) is 0 Å². The number of hydrogen-bond donors (Lipinski definition) is 0. The normalized spacial score (nSPS) is 21.1. The van der Waals surface area contributed by atoms with Gasteiger partial charge in [-0.15, -0.1) is 0 Å². The van der Waals surface area contributed by atoms with Crippen molar-refractivity contribution < 1.29 is 23.6 Å². The van der Waals surface area contributed by atoms with Crippen LogP contribution in [0, 0.1) is 31.6 Å². The number of aryl methyl sites for hydroxylation is 3. The molecule has 0 amide bonds. The number of esters is 2. The number of allylic oxidation sites excluding steroid dienone is 2. The van der Waals surface area contributed by atoms with Crippen LogP contribution >= 0.6 is 7.14 Å². The van der Waals surface area contributed by atoms with Crippen molar-refractivity contribution in [3.05, 3.63) is 51.4 Å². The van der Waals surface area contributed by atoms with Gasteiger partial charge < -0.3 is 14.0 Å². The lowest BCUT2D eigenvalue weighted by Crippen LogP contribution is -2.41. The minimum atomic E-state index is -3.69. The molecule has 0 unspecified atom stereocenters. The minimum Gasteiger partial charge on any atom is -0.462 e. The van der Waals surface area contributed by atoms with E-state index in [-0.39, 0.29) is 5.57 Å². The first-order valence-electron chi connectivity index (χ1n) is 12.8. The van der Waals surface area contributed by atoms with Gasteiger partial charge in [-0.1, -0.05) is 59.2 Å². The van der Waals surface area contributed by atoms with Gasteiger partial charge >= 0.3 is 11.9 Å². The zero-order chi connectivity index (χ0) is 28.0. The quantitative estimate of drug-likeness (QED) is 0.307. The summed E-state index contributed by atoms with van der Waals surface area (Å²) < 4.78 is 26.9. The van der Waals surface area contributed by atoms with Crippen molar-refractivity contribution in [3.8, 4) is 0 Å². The Morgan fingerprint density at radius 2 is 1.31 bits per heavy atom. The molecule has 0 bridgehead atoms. The molecule has 2 atom stereocenters. The molecule has 1 aromatic carbocycles. The van der Waals surface area contributed by atoms with E-state index in [9.17, 15) is 9.59 Å². The lowest BCUT2D eigenvalue weighted by atomic mass is 9.70. The van der Waals surface area contributed by atoms with E-state index in [0.29, 0.717) is 10.9 Å². The average molecular weight is 517 g/mol. The second kappa shape index (κ2) is 10.3. The summed E-state index contributed by atoms with van der Waals surface area (Å²) in [6, 6.07) is 3.96. The van der Waals surface area contributed by atoms with Crippen LogP contribution in [0.4, 0.5) is 0 Å². The molecular formula is C30H45O5P. The Kier molecular flexibility index (Phi) is 8.63. The van der Waals surface area contributed by atoms with Gasteiger partial charge in [0.2, 0.25) is 0 Å². The third kappa shape index (κ3) is 6.05. The van der Waals surface area contributed by atoms with Crippen LogP contribution in [-0.4, -0.2) is 29.8 Å². The van der Waals surface area contributed by atoms with Gasteiger partial charge in [0.1, 0.15) is 5.66 Å². The lowest BCUT2D eigenvalue weighted by molar-refractivity contribution is -0.150. The van der Waals surface area contributed by atoms with Gasteiger partial charge in [-0.2, -0.15) is 0 Å². The first-order chi connectivity index (χ1) is 16.2. The second-order valence-electron chi connectivity index (χ2n) is 12.6. The molecule has 1 aliphatic rings. The largest absolute Gasteiger partial charge is 0.462 e. The number of benzene rings is 1. The van der Waals surface area contributed by atoms with Crippen LogP contribution in [0.2, 0.25) is 0 Å². The Morgan fingerprint density at radius 3 is 1.69 bits per heavy atom. The van der Waals surface area contributed by atoms with Crippen LogP contribution in [0.5, 0.6) is 0 Å². The molecule has 0 spiro atoms. The maximum absolute atomic E-state index is 15.5. The maximum Gasteiger partial charge on any atom is 0.335 e. The van der Waals surface area contributed by atoms with Crippen LogP contribution < -0.4 is 5.30 Å². The Morgan fingerprint density at radius 1 is 0.833 bits per heavy atom. The molecule has 0 aromatic heterocycles. The van der Waals surface area contributed by atoms with Gasteiger partial charge in [0.05, 0.1) is 17.8 Å². The lowest BCUT2D eigenvalue weighted by Gasteiger charge is -2.42. The van der Waals surface area contributed by atoms with Crippen molar-refractivity contribution in [2.24, 2.45) is 10.8 Å². The van der Waals surface area contributed by atoms with Gasteiger partial charge in [-0.05, 0) is 87.4 Å². The third-order valence-corrected chi connectivity index (χ3v) is 9.48. The second-order valence-corrected chi connectivity index (χ2v) is 15.3. The van der Waals surface area contributed by atoms with E-state index in [1.807, 2.05) is 74.4 Å². The molecular weight excluding hydrogens is 471 g/mol. The molecule has 2 rings (SSSR count). The van der Waals surface area contributed by atoms with Crippen molar-refractivity contribution in [2.75, 3.05) is 0 Å². The number of ether oxygens (including phenoxy) is 2. The minimum absolute atomic E-state index is 0.164. The smallest absolute Gasteiger partial charge is 0.335 e. The first kappa shape index (κ1) is 30.1. The Balaban J connectivity index is 3.17. The number of hydrogen-bond acceptors (Lipinski definition) is 5.